The topological polar surface area (TPSA) is 59.7 Å². The molecule has 0 amide bonds. The Hall–Kier alpha value is -1.61. The van der Waals surface area contributed by atoms with Gasteiger partial charge in [-0.3, -0.25) is 9.80 Å². The van der Waals surface area contributed by atoms with Crippen LogP contribution in [0.25, 0.3) is 0 Å². The summed E-state index contributed by atoms with van der Waals surface area (Å²) in [6.45, 7) is 9.22. The summed E-state index contributed by atoms with van der Waals surface area (Å²) in [7, 11) is 0. The number of piperazine rings is 1. The van der Waals surface area contributed by atoms with E-state index in [0.29, 0.717) is 24.0 Å². The average molecular weight is 317 g/mol. The maximum absolute atomic E-state index is 9.60. The molecule has 0 saturated carbocycles. The lowest BCUT2D eigenvalue weighted by Crippen LogP contribution is -2.55. The third-order valence-electron chi connectivity index (χ3n) is 4.33. The molecule has 5 nitrogen and oxygen atoms in total. The quantitative estimate of drug-likeness (QED) is 0.830. The molecule has 1 fully saturated rings. The zero-order valence-electron chi connectivity index (χ0n) is 14.1. The number of benzene rings is 1. The third-order valence-corrected chi connectivity index (χ3v) is 4.33. The minimum absolute atomic E-state index is 0.276. The summed E-state index contributed by atoms with van der Waals surface area (Å²) < 4.78 is 5.77. The van der Waals surface area contributed by atoms with Crippen molar-refractivity contribution in [3.63, 3.8) is 0 Å². The van der Waals surface area contributed by atoms with E-state index in [-0.39, 0.29) is 6.10 Å². The molecule has 1 saturated heterocycles. The molecule has 1 aromatic rings. The molecule has 1 aliphatic rings. The normalized spacial score (nSPS) is 20.9. The Balaban J connectivity index is 1.80. The summed E-state index contributed by atoms with van der Waals surface area (Å²) in [5.74, 6) is 0.662. The van der Waals surface area contributed by atoms with Gasteiger partial charge in [0.1, 0.15) is 18.4 Å². The standard InChI is InChI=1S/C18H27N3O2/c1-3-17-14-20(8-9-21(17)13-15(2)22)10-11-23-18-7-5-4-6-16(18)12-19/h4-7,15,17,22H,3,8-11,13-14H2,1-2H3. The van der Waals surface area contributed by atoms with Gasteiger partial charge in [0.05, 0.1) is 11.7 Å². The van der Waals surface area contributed by atoms with Crippen LogP contribution in [0.1, 0.15) is 25.8 Å². The second-order valence-electron chi connectivity index (χ2n) is 6.16. The van der Waals surface area contributed by atoms with E-state index < -0.39 is 0 Å². The minimum atomic E-state index is -0.276. The zero-order chi connectivity index (χ0) is 16.7. The lowest BCUT2D eigenvalue weighted by atomic mass is 10.1. The third kappa shape index (κ3) is 5.21. The Bertz CT molecular complexity index is 527. The number of rotatable bonds is 7. The first-order valence-electron chi connectivity index (χ1n) is 8.40. The Labute approximate surface area is 139 Å². The van der Waals surface area contributed by atoms with E-state index >= 15 is 0 Å². The number of β-amino-alcohol motifs (C(OH)–C–C–N with tert-alkyl or cyclic N) is 1. The molecular weight excluding hydrogens is 290 g/mol. The second kappa shape index (κ2) is 8.88. The molecule has 126 valence electrons. The first-order valence-corrected chi connectivity index (χ1v) is 8.40. The molecule has 0 aliphatic carbocycles. The largest absolute Gasteiger partial charge is 0.491 e. The van der Waals surface area contributed by atoms with E-state index in [1.165, 1.54) is 0 Å². The predicted molar refractivity (Wildman–Crippen MR) is 90.4 cm³/mol. The maximum atomic E-state index is 9.60. The molecule has 0 spiro atoms. The Morgan fingerprint density at radius 1 is 1.39 bits per heavy atom. The summed E-state index contributed by atoms with van der Waals surface area (Å²) in [4.78, 5) is 4.79. The van der Waals surface area contributed by atoms with Crippen LogP contribution in [0.5, 0.6) is 5.75 Å². The lowest BCUT2D eigenvalue weighted by Gasteiger charge is -2.41. The van der Waals surface area contributed by atoms with Gasteiger partial charge < -0.3 is 9.84 Å². The van der Waals surface area contributed by atoms with Crippen LogP contribution in [-0.2, 0) is 0 Å². The number of hydrogen-bond donors (Lipinski definition) is 1. The summed E-state index contributed by atoms with van der Waals surface area (Å²) in [5.41, 5.74) is 0.584. The fourth-order valence-electron chi connectivity index (χ4n) is 3.10. The van der Waals surface area contributed by atoms with Gasteiger partial charge in [-0.25, -0.2) is 0 Å². The van der Waals surface area contributed by atoms with Gasteiger partial charge in [0, 0.05) is 38.8 Å². The van der Waals surface area contributed by atoms with Crippen molar-refractivity contribution in [3.05, 3.63) is 29.8 Å². The van der Waals surface area contributed by atoms with Crippen molar-refractivity contribution >= 4 is 0 Å². The average Bonchev–Trinajstić information content (AvgIpc) is 2.56. The maximum Gasteiger partial charge on any atom is 0.137 e. The molecule has 23 heavy (non-hydrogen) atoms. The van der Waals surface area contributed by atoms with Gasteiger partial charge in [0.15, 0.2) is 0 Å². The van der Waals surface area contributed by atoms with Crippen LogP contribution in [0.3, 0.4) is 0 Å². The van der Waals surface area contributed by atoms with Gasteiger partial charge in [0.2, 0.25) is 0 Å². The first kappa shape index (κ1) is 17.7. The van der Waals surface area contributed by atoms with E-state index in [1.807, 2.05) is 25.1 Å². The van der Waals surface area contributed by atoms with Crippen LogP contribution >= 0.6 is 0 Å². The molecular formula is C18H27N3O2. The van der Waals surface area contributed by atoms with Crippen LogP contribution < -0.4 is 4.74 Å². The van der Waals surface area contributed by atoms with Crippen molar-refractivity contribution in [1.82, 2.24) is 9.80 Å². The van der Waals surface area contributed by atoms with Crippen molar-refractivity contribution < 1.29 is 9.84 Å². The summed E-state index contributed by atoms with van der Waals surface area (Å²) >= 11 is 0. The van der Waals surface area contributed by atoms with E-state index in [0.717, 1.165) is 39.1 Å². The molecule has 1 heterocycles. The van der Waals surface area contributed by atoms with Crippen LogP contribution in [0, 0.1) is 11.3 Å². The van der Waals surface area contributed by atoms with E-state index in [9.17, 15) is 5.11 Å². The molecule has 0 aromatic heterocycles. The highest BCUT2D eigenvalue weighted by molar-refractivity contribution is 5.42. The van der Waals surface area contributed by atoms with Gasteiger partial charge in [-0.05, 0) is 25.5 Å². The predicted octanol–water partition coefficient (Wildman–Crippen LogP) is 1.71. The highest BCUT2D eigenvalue weighted by Crippen LogP contribution is 2.17. The first-order chi connectivity index (χ1) is 11.1. The molecule has 2 atom stereocenters. The van der Waals surface area contributed by atoms with Gasteiger partial charge >= 0.3 is 0 Å². The van der Waals surface area contributed by atoms with Crippen molar-refractivity contribution in [2.75, 3.05) is 39.3 Å². The molecule has 0 bridgehead atoms. The fraction of sp³-hybridized carbons (Fsp3) is 0.611. The summed E-state index contributed by atoms with van der Waals surface area (Å²) in [6.07, 6.45) is 0.808. The van der Waals surface area contributed by atoms with E-state index in [2.05, 4.69) is 22.8 Å². The highest BCUT2D eigenvalue weighted by Gasteiger charge is 2.26. The monoisotopic (exact) mass is 317 g/mol. The second-order valence-corrected chi connectivity index (χ2v) is 6.16. The smallest absolute Gasteiger partial charge is 0.137 e. The summed E-state index contributed by atoms with van der Waals surface area (Å²) in [6, 6.07) is 9.99. The number of aliphatic hydroxyl groups excluding tert-OH is 1. The molecule has 5 heteroatoms. The van der Waals surface area contributed by atoms with Crippen LogP contribution in [0.15, 0.2) is 24.3 Å². The Morgan fingerprint density at radius 2 is 2.17 bits per heavy atom. The van der Waals surface area contributed by atoms with Gasteiger partial charge in [-0.15, -0.1) is 0 Å². The number of hydrogen-bond acceptors (Lipinski definition) is 5. The number of nitriles is 1. The molecule has 1 aliphatic heterocycles. The van der Waals surface area contributed by atoms with Crippen LogP contribution in [0.4, 0.5) is 0 Å². The zero-order valence-corrected chi connectivity index (χ0v) is 14.1. The van der Waals surface area contributed by atoms with Crippen molar-refractivity contribution in [1.29, 1.82) is 5.26 Å². The van der Waals surface area contributed by atoms with Gasteiger partial charge in [-0.1, -0.05) is 19.1 Å². The molecule has 0 radical (unpaired) electrons. The molecule has 1 N–H and O–H groups in total. The van der Waals surface area contributed by atoms with Crippen molar-refractivity contribution in [3.8, 4) is 11.8 Å². The van der Waals surface area contributed by atoms with Crippen molar-refractivity contribution in [2.24, 2.45) is 0 Å². The molecule has 2 rings (SSSR count). The molecule has 1 aromatic carbocycles. The van der Waals surface area contributed by atoms with E-state index in [1.54, 1.807) is 6.07 Å². The van der Waals surface area contributed by atoms with Crippen LogP contribution in [0.2, 0.25) is 0 Å². The number of para-hydroxylation sites is 1. The number of aliphatic hydroxyl groups is 1. The number of ether oxygens (including phenoxy) is 1. The van der Waals surface area contributed by atoms with Crippen LogP contribution in [-0.4, -0.2) is 66.4 Å². The Morgan fingerprint density at radius 3 is 2.87 bits per heavy atom. The van der Waals surface area contributed by atoms with E-state index in [4.69, 9.17) is 10.00 Å². The Kier molecular flexibility index (Phi) is 6.85. The highest BCUT2D eigenvalue weighted by atomic mass is 16.5. The number of nitrogens with zero attached hydrogens (tertiary/aromatic N) is 3. The minimum Gasteiger partial charge on any atom is -0.491 e. The SMILES string of the molecule is CCC1CN(CCOc2ccccc2C#N)CCN1CC(C)O. The molecule has 2 unspecified atom stereocenters. The summed E-state index contributed by atoms with van der Waals surface area (Å²) in [5, 5.41) is 18.7. The fourth-order valence-corrected chi connectivity index (χ4v) is 3.10. The van der Waals surface area contributed by atoms with Crippen molar-refractivity contribution in [2.45, 2.75) is 32.4 Å². The van der Waals surface area contributed by atoms with Gasteiger partial charge in [0.25, 0.3) is 0 Å². The lowest BCUT2D eigenvalue weighted by molar-refractivity contribution is 0.0322. The van der Waals surface area contributed by atoms with Gasteiger partial charge in [-0.2, -0.15) is 5.26 Å².